The lowest BCUT2D eigenvalue weighted by molar-refractivity contribution is -0.123. The van der Waals surface area contributed by atoms with Crippen molar-refractivity contribution >= 4 is 62.1 Å². The van der Waals surface area contributed by atoms with E-state index in [1.807, 2.05) is 36.4 Å². The SMILES string of the molecule is O=C(NN1C(=O)/C(=C\c2ccccc2)SC1=S)c1ccccc1Br. The maximum atomic E-state index is 12.5. The van der Waals surface area contributed by atoms with Gasteiger partial charge in [0.25, 0.3) is 11.8 Å². The van der Waals surface area contributed by atoms with Gasteiger partial charge in [-0.1, -0.05) is 54.2 Å². The highest BCUT2D eigenvalue weighted by molar-refractivity contribution is 9.10. The zero-order valence-corrected chi connectivity index (χ0v) is 15.5. The lowest BCUT2D eigenvalue weighted by Crippen LogP contribution is -2.44. The first-order valence-corrected chi connectivity index (χ1v) is 8.96. The number of nitrogens with one attached hydrogen (secondary N) is 1. The van der Waals surface area contributed by atoms with Gasteiger partial charge in [-0.25, -0.2) is 0 Å². The number of carbonyl (C=O) groups is 2. The number of carbonyl (C=O) groups excluding carboxylic acids is 2. The summed E-state index contributed by atoms with van der Waals surface area (Å²) in [5, 5.41) is 1.11. The van der Waals surface area contributed by atoms with Gasteiger partial charge in [0.1, 0.15) is 0 Å². The maximum Gasteiger partial charge on any atom is 0.285 e. The van der Waals surface area contributed by atoms with Crippen LogP contribution in [0.25, 0.3) is 6.08 Å². The van der Waals surface area contributed by atoms with Crippen LogP contribution >= 0.6 is 39.9 Å². The molecule has 2 amide bonds. The van der Waals surface area contributed by atoms with Crippen LogP contribution in [0.4, 0.5) is 0 Å². The molecular weight excluding hydrogens is 408 g/mol. The van der Waals surface area contributed by atoms with Gasteiger partial charge in [-0.2, -0.15) is 5.01 Å². The molecule has 1 N–H and O–H groups in total. The summed E-state index contributed by atoms with van der Waals surface area (Å²) in [6.07, 6.45) is 1.75. The van der Waals surface area contributed by atoms with Crippen LogP contribution in [0.2, 0.25) is 0 Å². The molecule has 2 aromatic rings. The molecule has 7 heteroatoms. The van der Waals surface area contributed by atoms with E-state index in [0.29, 0.717) is 19.3 Å². The van der Waals surface area contributed by atoms with Gasteiger partial charge >= 0.3 is 0 Å². The predicted octanol–water partition coefficient (Wildman–Crippen LogP) is 4.00. The molecule has 0 bridgehead atoms. The van der Waals surface area contributed by atoms with Crippen molar-refractivity contribution in [2.75, 3.05) is 0 Å². The number of benzene rings is 2. The monoisotopic (exact) mass is 418 g/mol. The molecule has 1 heterocycles. The van der Waals surface area contributed by atoms with E-state index in [2.05, 4.69) is 21.4 Å². The van der Waals surface area contributed by atoms with Crippen LogP contribution in [0.3, 0.4) is 0 Å². The van der Waals surface area contributed by atoms with Gasteiger partial charge in [-0.05, 0) is 51.9 Å². The van der Waals surface area contributed by atoms with Crippen LogP contribution in [-0.4, -0.2) is 21.1 Å². The number of hydrazine groups is 1. The van der Waals surface area contributed by atoms with Crippen molar-refractivity contribution < 1.29 is 9.59 Å². The Morgan fingerprint density at radius 2 is 1.79 bits per heavy atom. The van der Waals surface area contributed by atoms with E-state index in [0.717, 1.165) is 22.3 Å². The van der Waals surface area contributed by atoms with Crippen molar-refractivity contribution in [3.63, 3.8) is 0 Å². The fourth-order valence-electron chi connectivity index (χ4n) is 2.07. The molecular formula is C17H11BrN2O2S2. The standard InChI is InChI=1S/C17H11BrN2O2S2/c18-13-9-5-4-8-12(13)15(21)19-20-16(22)14(24-17(20)23)10-11-6-2-1-3-7-11/h1-10H,(H,19,21)/b14-10+. The lowest BCUT2D eigenvalue weighted by Gasteiger charge is -2.16. The fourth-order valence-corrected chi connectivity index (χ4v) is 3.72. The van der Waals surface area contributed by atoms with Gasteiger partial charge in [-0.15, -0.1) is 0 Å². The Kier molecular flexibility index (Phi) is 5.13. The third-order valence-corrected chi connectivity index (χ3v) is 5.22. The fraction of sp³-hybridized carbons (Fsp3) is 0. The van der Waals surface area contributed by atoms with Crippen molar-refractivity contribution in [3.05, 3.63) is 75.1 Å². The van der Waals surface area contributed by atoms with Gasteiger partial charge in [0.2, 0.25) is 0 Å². The number of hydrogen-bond donors (Lipinski definition) is 1. The Morgan fingerprint density at radius 3 is 2.50 bits per heavy atom. The van der Waals surface area contributed by atoms with Crippen molar-refractivity contribution in [2.24, 2.45) is 0 Å². The molecule has 1 saturated heterocycles. The Bertz CT molecular complexity index is 853. The van der Waals surface area contributed by atoms with Gasteiger partial charge in [-0.3, -0.25) is 15.0 Å². The minimum Gasteiger partial charge on any atom is -0.267 e. The summed E-state index contributed by atoms with van der Waals surface area (Å²) in [6, 6.07) is 16.5. The van der Waals surface area contributed by atoms with E-state index in [1.54, 1.807) is 24.3 Å². The number of thioether (sulfide) groups is 1. The molecule has 2 aromatic carbocycles. The average Bonchev–Trinajstić information content (AvgIpc) is 2.83. The lowest BCUT2D eigenvalue weighted by atomic mass is 10.2. The minimum absolute atomic E-state index is 0.294. The third-order valence-electron chi connectivity index (χ3n) is 3.22. The van der Waals surface area contributed by atoms with Crippen LogP contribution in [0.5, 0.6) is 0 Å². The Labute approximate surface area is 157 Å². The first-order valence-electron chi connectivity index (χ1n) is 6.95. The summed E-state index contributed by atoms with van der Waals surface area (Å²) in [5.74, 6) is -0.742. The topological polar surface area (TPSA) is 49.4 Å². The van der Waals surface area contributed by atoms with Gasteiger partial charge in [0.15, 0.2) is 4.32 Å². The third kappa shape index (κ3) is 3.58. The van der Waals surface area contributed by atoms with Gasteiger partial charge in [0.05, 0.1) is 10.5 Å². The normalized spacial score (nSPS) is 15.9. The zero-order chi connectivity index (χ0) is 17.1. The molecule has 1 aliphatic heterocycles. The molecule has 0 radical (unpaired) electrons. The van der Waals surface area contributed by atoms with Crippen molar-refractivity contribution in [3.8, 4) is 0 Å². The summed E-state index contributed by atoms with van der Waals surface area (Å²) >= 11 is 9.69. The maximum absolute atomic E-state index is 12.5. The zero-order valence-electron chi connectivity index (χ0n) is 12.2. The van der Waals surface area contributed by atoms with E-state index in [9.17, 15) is 9.59 Å². The van der Waals surface area contributed by atoms with Crippen molar-refractivity contribution in [1.82, 2.24) is 10.4 Å². The molecule has 0 aromatic heterocycles. The van der Waals surface area contributed by atoms with Crippen molar-refractivity contribution in [1.29, 1.82) is 0 Å². The molecule has 1 fully saturated rings. The second-order valence-electron chi connectivity index (χ2n) is 4.85. The van der Waals surface area contributed by atoms with E-state index >= 15 is 0 Å². The molecule has 4 nitrogen and oxygen atoms in total. The van der Waals surface area contributed by atoms with Gasteiger partial charge < -0.3 is 0 Å². The van der Waals surface area contributed by atoms with Crippen LogP contribution in [0, 0.1) is 0 Å². The molecule has 1 aliphatic rings. The van der Waals surface area contributed by atoms with Crippen LogP contribution < -0.4 is 5.43 Å². The molecule has 0 spiro atoms. The molecule has 3 rings (SSSR count). The first-order chi connectivity index (χ1) is 11.6. The van der Waals surface area contributed by atoms with E-state index in [1.165, 1.54) is 0 Å². The van der Waals surface area contributed by atoms with E-state index < -0.39 is 5.91 Å². The highest BCUT2D eigenvalue weighted by Crippen LogP contribution is 2.31. The second kappa shape index (κ2) is 7.29. The van der Waals surface area contributed by atoms with Crippen molar-refractivity contribution in [2.45, 2.75) is 0 Å². The largest absolute Gasteiger partial charge is 0.285 e. The van der Waals surface area contributed by atoms with E-state index in [4.69, 9.17) is 12.2 Å². The number of thiocarbonyl (C=S) groups is 1. The van der Waals surface area contributed by atoms with E-state index in [-0.39, 0.29) is 5.91 Å². The number of amides is 2. The van der Waals surface area contributed by atoms with Crippen LogP contribution in [0.1, 0.15) is 15.9 Å². The number of rotatable bonds is 3. The Hall–Kier alpha value is -1.96. The summed E-state index contributed by atoms with van der Waals surface area (Å²) in [7, 11) is 0. The molecule has 0 aliphatic carbocycles. The van der Waals surface area contributed by atoms with Crippen LogP contribution in [0.15, 0.2) is 64.0 Å². The Morgan fingerprint density at radius 1 is 1.12 bits per heavy atom. The summed E-state index contributed by atoms with van der Waals surface area (Å²) in [6.45, 7) is 0. The molecule has 0 saturated carbocycles. The molecule has 0 atom stereocenters. The summed E-state index contributed by atoms with van der Waals surface area (Å²) in [4.78, 5) is 25.3. The first kappa shape index (κ1) is 16.9. The predicted molar refractivity (Wildman–Crippen MR) is 103 cm³/mol. The molecule has 120 valence electrons. The number of halogens is 1. The summed E-state index contributed by atoms with van der Waals surface area (Å²) in [5.41, 5.74) is 3.89. The highest BCUT2D eigenvalue weighted by Gasteiger charge is 2.33. The smallest absolute Gasteiger partial charge is 0.267 e. The number of hydrogen-bond acceptors (Lipinski definition) is 4. The molecule has 24 heavy (non-hydrogen) atoms. The Balaban J connectivity index is 1.79. The van der Waals surface area contributed by atoms with Crippen LogP contribution in [-0.2, 0) is 4.79 Å². The second-order valence-corrected chi connectivity index (χ2v) is 7.38. The quantitative estimate of drug-likeness (QED) is 0.604. The summed E-state index contributed by atoms with van der Waals surface area (Å²) < 4.78 is 0.940. The number of nitrogens with zero attached hydrogens (tertiary/aromatic N) is 1. The van der Waals surface area contributed by atoms with Gasteiger partial charge in [0, 0.05) is 4.47 Å². The average molecular weight is 419 g/mol. The molecule has 0 unspecified atom stereocenters. The highest BCUT2D eigenvalue weighted by atomic mass is 79.9. The minimum atomic E-state index is -0.403.